The molecule has 1 heterocycles. The molecule has 1 aromatic carbocycles. The fourth-order valence-corrected chi connectivity index (χ4v) is 2.22. The third-order valence-corrected chi connectivity index (χ3v) is 3.71. The van der Waals surface area contributed by atoms with Gasteiger partial charge in [-0.2, -0.15) is 0 Å². The second kappa shape index (κ2) is 8.91. The Labute approximate surface area is 146 Å². The van der Waals surface area contributed by atoms with Crippen LogP contribution in [0.25, 0.3) is 0 Å². The van der Waals surface area contributed by atoms with Crippen LogP contribution in [0.4, 0.5) is 5.69 Å². The molecule has 7 nitrogen and oxygen atoms in total. The summed E-state index contributed by atoms with van der Waals surface area (Å²) in [4.78, 5) is 29.6. The molecule has 2 amide bonds. The number of methoxy groups -OCH3 is 1. The smallest absolute Gasteiger partial charge is 0.258 e. The van der Waals surface area contributed by atoms with Gasteiger partial charge in [0.05, 0.1) is 6.61 Å². The highest BCUT2D eigenvalue weighted by Gasteiger charge is 2.14. The highest BCUT2D eigenvalue weighted by molar-refractivity contribution is 6.05. The molecule has 0 spiro atoms. The number of nitrogens with two attached hydrogens (primary N) is 1. The number of benzene rings is 1. The van der Waals surface area contributed by atoms with E-state index in [1.807, 2.05) is 24.3 Å². The van der Waals surface area contributed by atoms with Gasteiger partial charge in [0, 0.05) is 44.3 Å². The Bertz CT molecular complexity index is 704. The lowest BCUT2D eigenvalue weighted by molar-refractivity contribution is -0.123. The molecule has 0 saturated heterocycles. The summed E-state index contributed by atoms with van der Waals surface area (Å²) >= 11 is 0. The zero-order valence-corrected chi connectivity index (χ0v) is 14.3. The number of nitrogens with one attached hydrogen (secondary N) is 1. The Balaban J connectivity index is 1.95. The summed E-state index contributed by atoms with van der Waals surface area (Å²) in [5.74, 6) is -0.384. The van der Waals surface area contributed by atoms with Crippen LogP contribution in [0.15, 0.2) is 48.8 Å². The average Bonchev–Trinajstić information content (AvgIpc) is 2.66. The minimum absolute atomic E-state index is 0.117. The van der Waals surface area contributed by atoms with Crippen molar-refractivity contribution in [1.82, 2.24) is 10.3 Å². The third-order valence-electron chi connectivity index (χ3n) is 3.71. The van der Waals surface area contributed by atoms with Crippen molar-refractivity contribution >= 4 is 17.5 Å². The van der Waals surface area contributed by atoms with Crippen LogP contribution in [0.5, 0.6) is 0 Å². The predicted octanol–water partition coefficient (Wildman–Crippen LogP) is 0.948. The van der Waals surface area contributed by atoms with Crippen LogP contribution < -0.4 is 16.0 Å². The van der Waals surface area contributed by atoms with E-state index in [-0.39, 0.29) is 18.4 Å². The van der Waals surface area contributed by atoms with Crippen molar-refractivity contribution in [2.75, 3.05) is 25.7 Å². The number of carbonyl (C=O) groups excluding carboxylic acids is 2. The van der Waals surface area contributed by atoms with Gasteiger partial charge in [-0.1, -0.05) is 12.1 Å². The molecule has 1 atom stereocenters. The lowest BCUT2D eigenvalue weighted by atomic mass is 10.1. The minimum atomic E-state index is -0.687. The second-order valence-corrected chi connectivity index (χ2v) is 5.55. The Morgan fingerprint density at radius 3 is 2.44 bits per heavy atom. The first-order valence-corrected chi connectivity index (χ1v) is 7.82. The van der Waals surface area contributed by atoms with Crippen LogP contribution >= 0.6 is 0 Å². The first-order valence-electron chi connectivity index (χ1n) is 7.82. The molecular formula is C18H22N4O3. The summed E-state index contributed by atoms with van der Waals surface area (Å²) < 4.78 is 4.85. The molecule has 132 valence electrons. The molecule has 0 radical (unpaired) electrons. The average molecular weight is 342 g/mol. The third kappa shape index (κ3) is 5.10. The van der Waals surface area contributed by atoms with Crippen molar-refractivity contribution in [2.24, 2.45) is 5.73 Å². The predicted molar refractivity (Wildman–Crippen MR) is 95.1 cm³/mol. The Hall–Kier alpha value is -2.77. The minimum Gasteiger partial charge on any atom is -0.383 e. The lowest BCUT2D eigenvalue weighted by Gasteiger charge is -2.18. The van der Waals surface area contributed by atoms with Crippen molar-refractivity contribution in [3.8, 4) is 0 Å². The van der Waals surface area contributed by atoms with Gasteiger partial charge in [0.25, 0.3) is 5.91 Å². The maximum Gasteiger partial charge on any atom is 0.258 e. The Morgan fingerprint density at radius 2 is 1.84 bits per heavy atom. The number of pyridine rings is 1. The molecular weight excluding hydrogens is 320 g/mol. The second-order valence-electron chi connectivity index (χ2n) is 5.55. The zero-order valence-electron chi connectivity index (χ0n) is 14.3. The largest absolute Gasteiger partial charge is 0.383 e. The number of ether oxygens (including phenoxy) is 1. The first kappa shape index (κ1) is 18.6. The van der Waals surface area contributed by atoms with Gasteiger partial charge in [-0.25, -0.2) is 0 Å². The normalized spacial score (nSPS) is 11.6. The molecule has 1 unspecified atom stereocenters. The summed E-state index contributed by atoms with van der Waals surface area (Å²) in [7, 11) is 3.21. The van der Waals surface area contributed by atoms with Gasteiger partial charge in [0.2, 0.25) is 5.91 Å². The molecule has 0 aliphatic rings. The van der Waals surface area contributed by atoms with E-state index in [0.29, 0.717) is 12.1 Å². The van der Waals surface area contributed by atoms with E-state index >= 15 is 0 Å². The number of rotatable bonds is 7. The van der Waals surface area contributed by atoms with Gasteiger partial charge in [-0.15, -0.1) is 0 Å². The molecule has 0 fully saturated rings. The highest BCUT2D eigenvalue weighted by Crippen LogP contribution is 2.16. The highest BCUT2D eigenvalue weighted by atomic mass is 16.5. The molecule has 1 aromatic heterocycles. The molecule has 0 aliphatic carbocycles. The topological polar surface area (TPSA) is 97.5 Å². The van der Waals surface area contributed by atoms with Crippen molar-refractivity contribution in [1.29, 1.82) is 0 Å². The number of anilines is 1. The molecule has 0 saturated carbocycles. The maximum atomic E-state index is 12.4. The molecule has 3 N–H and O–H groups in total. The summed E-state index contributed by atoms with van der Waals surface area (Å²) in [6, 6.07) is 10.0. The number of hydrogen-bond acceptors (Lipinski definition) is 5. The van der Waals surface area contributed by atoms with Crippen molar-refractivity contribution in [3.05, 3.63) is 59.9 Å². The van der Waals surface area contributed by atoms with Gasteiger partial charge in [0.15, 0.2) is 0 Å². The fourth-order valence-electron chi connectivity index (χ4n) is 2.22. The number of aromatic nitrogens is 1. The molecule has 0 aliphatic heterocycles. The molecule has 0 bridgehead atoms. The van der Waals surface area contributed by atoms with Crippen LogP contribution in [-0.2, 0) is 16.1 Å². The summed E-state index contributed by atoms with van der Waals surface area (Å²) in [5, 5.41) is 2.75. The molecule has 2 aromatic rings. The molecule has 7 heteroatoms. The zero-order chi connectivity index (χ0) is 18.2. The van der Waals surface area contributed by atoms with Crippen LogP contribution in [0, 0.1) is 0 Å². The van der Waals surface area contributed by atoms with Crippen molar-refractivity contribution in [2.45, 2.75) is 12.6 Å². The quantitative estimate of drug-likeness (QED) is 0.781. The number of amides is 2. The SMILES string of the molecule is COCC(N)C(=O)NCc1ccc(N(C)C(=O)c2ccncc2)cc1. The van der Waals surface area contributed by atoms with Crippen LogP contribution in [0.2, 0.25) is 0 Å². The molecule has 2 rings (SSSR count). The van der Waals surface area contributed by atoms with E-state index in [1.165, 1.54) is 7.11 Å². The lowest BCUT2D eigenvalue weighted by Crippen LogP contribution is -2.43. The monoisotopic (exact) mass is 342 g/mol. The van der Waals surface area contributed by atoms with Gasteiger partial charge < -0.3 is 20.7 Å². The van der Waals surface area contributed by atoms with Gasteiger partial charge in [0.1, 0.15) is 6.04 Å². The first-order chi connectivity index (χ1) is 12.0. The van der Waals surface area contributed by atoms with E-state index in [4.69, 9.17) is 10.5 Å². The number of nitrogens with zero attached hydrogens (tertiary/aromatic N) is 2. The van der Waals surface area contributed by atoms with Crippen molar-refractivity contribution < 1.29 is 14.3 Å². The van der Waals surface area contributed by atoms with Crippen molar-refractivity contribution in [3.63, 3.8) is 0 Å². The Kier molecular flexibility index (Phi) is 6.62. The maximum absolute atomic E-state index is 12.4. The van der Waals surface area contributed by atoms with E-state index in [9.17, 15) is 9.59 Å². The number of carbonyl (C=O) groups is 2. The van der Waals surface area contributed by atoms with E-state index in [2.05, 4.69) is 10.3 Å². The van der Waals surface area contributed by atoms with Crippen LogP contribution in [0.1, 0.15) is 15.9 Å². The van der Waals surface area contributed by atoms with Gasteiger partial charge in [-0.05, 0) is 29.8 Å². The van der Waals surface area contributed by atoms with Crippen LogP contribution in [-0.4, -0.2) is 43.6 Å². The number of hydrogen-bond donors (Lipinski definition) is 2. The van der Waals surface area contributed by atoms with Gasteiger partial charge in [-0.3, -0.25) is 14.6 Å². The summed E-state index contributed by atoms with van der Waals surface area (Å²) in [5.41, 5.74) is 7.90. The molecule has 25 heavy (non-hydrogen) atoms. The fraction of sp³-hybridized carbons (Fsp3) is 0.278. The van der Waals surface area contributed by atoms with Crippen LogP contribution in [0.3, 0.4) is 0 Å². The summed E-state index contributed by atoms with van der Waals surface area (Å²) in [6.07, 6.45) is 3.17. The van der Waals surface area contributed by atoms with E-state index in [0.717, 1.165) is 11.3 Å². The Morgan fingerprint density at radius 1 is 1.20 bits per heavy atom. The standard InChI is InChI=1S/C18H22N4O3/c1-22(18(24)14-7-9-20-10-8-14)15-5-3-13(4-6-15)11-21-17(23)16(19)12-25-2/h3-10,16H,11-12,19H2,1-2H3,(H,21,23). The van der Waals surface area contributed by atoms with E-state index < -0.39 is 6.04 Å². The van der Waals surface area contributed by atoms with Gasteiger partial charge >= 0.3 is 0 Å². The summed E-state index contributed by atoms with van der Waals surface area (Å²) in [6.45, 7) is 0.533. The van der Waals surface area contributed by atoms with E-state index in [1.54, 1.807) is 36.5 Å².